The standard InChI is InChI=1S/C24H30N2O2S/c1-24(2,3)26-15-9-14-25-23(27)22-20(19-12-7-8-13-21(19)28-22)17-29-16-18-10-5-4-6-11-18/h4-8,10-13,26H,9,14-17H2,1-3H3,(H,25,27)/p+1. The number of nitrogens with one attached hydrogen (secondary N) is 1. The Morgan fingerprint density at radius 2 is 1.76 bits per heavy atom. The van der Waals surface area contributed by atoms with Crippen molar-refractivity contribution in [1.82, 2.24) is 5.32 Å². The maximum absolute atomic E-state index is 12.8. The number of hydrogen-bond donors (Lipinski definition) is 2. The number of para-hydroxylation sites is 1. The number of hydrogen-bond acceptors (Lipinski definition) is 3. The number of thioether (sulfide) groups is 1. The van der Waals surface area contributed by atoms with E-state index in [0.29, 0.717) is 12.3 Å². The quantitative estimate of drug-likeness (QED) is 0.515. The highest BCUT2D eigenvalue weighted by Gasteiger charge is 2.20. The van der Waals surface area contributed by atoms with Crippen molar-refractivity contribution in [3.8, 4) is 0 Å². The molecule has 0 fully saturated rings. The molecule has 2 aromatic carbocycles. The fraction of sp³-hybridized carbons (Fsp3) is 0.375. The van der Waals surface area contributed by atoms with Gasteiger partial charge >= 0.3 is 0 Å². The molecule has 0 unspecified atom stereocenters. The number of rotatable bonds is 9. The Kier molecular flexibility index (Phi) is 7.40. The van der Waals surface area contributed by atoms with Crippen molar-refractivity contribution >= 4 is 28.6 Å². The third-order valence-corrected chi connectivity index (χ3v) is 5.72. The lowest BCUT2D eigenvalue weighted by atomic mass is 10.1. The lowest BCUT2D eigenvalue weighted by molar-refractivity contribution is -0.717. The van der Waals surface area contributed by atoms with Gasteiger partial charge in [0.2, 0.25) is 0 Å². The summed E-state index contributed by atoms with van der Waals surface area (Å²) in [5, 5.41) is 6.36. The van der Waals surface area contributed by atoms with Crippen LogP contribution >= 0.6 is 11.8 Å². The maximum Gasteiger partial charge on any atom is 0.287 e. The molecule has 1 aromatic heterocycles. The van der Waals surface area contributed by atoms with Gasteiger partial charge in [-0.05, 0) is 32.4 Å². The molecule has 29 heavy (non-hydrogen) atoms. The van der Waals surface area contributed by atoms with E-state index in [1.807, 2.05) is 30.3 Å². The molecule has 0 bridgehead atoms. The molecule has 0 aliphatic carbocycles. The average molecular weight is 412 g/mol. The van der Waals surface area contributed by atoms with E-state index in [4.69, 9.17) is 4.42 Å². The minimum absolute atomic E-state index is 0.118. The van der Waals surface area contributed by atoms with Gasteiger partial charge in [0, 0.05) is 35.4 Å². The second-order valence-electron chi connectivity index (χ2n) is 8.35. The Morgan fingerprint density at radius 1 is 1.03 bits per heavy atom. The summed E-state index contributed by atoms with van der Waals surface area (Å²) in [5.41, 5.74) is 3.26. The van der Waals surface area contributed by atoms with Crippen LogP contribution in [0, 0.1) is 0 Å². The molecule has 3 rings (SSSR count). The van der Waals surface area contributed by atoms with Gasteiger partial charge in [-0.15, -0.1) is 0 Å². The first-order chi connectivity index (χ1) is 13.9. The van der Waals surface area contributed by atoms with Gasteiger partial charge in [-0.3, -0.25) is 4.79 Å². The number of nitrogens with two attached hydrogens (primary N) is 1. The van der Waals surface area contributed by atoms with Gasteiger partial charge in [-0.2, -0.15) is 11.8 Å². The van der Waals surface area contributed by atoms with E-state index in [2.05, 4.69) is 55.7 Å². The van der Waals surface area contributed by atoms with Gasteiger partial charge < -0.3 is 15.1 Å². The van der Waals surface area contributed by atoms with Crippen molar-refractivity contribution < 1.29 is 14.5 Å². The molecule has 0 saturated heterocycles. The van der Waals surface area contributed by atoms with Gasteiger partial charge in [-0.25, -0.2) is 0 Å². The van der Waals surface area contributed by atoms with E-state index in [9.17, 15) is 4.79 Å². The molecule has 1 amide bonds. The second-order valence-corrected chi connectivity index (χ2v) is 9.34. The van der Waals surface area contributed by atoms with Crippen LogP contribution in [0.15, 0.2) is 59.0 Å². The zero-order valence-corrected chi connectivity index (χ0v) is 18.4. The predicted octanol–water partition coefficient (Wildman–Crippen LogP) is 4.35. The van der Waals surface area contributed by atoms with E-state index in [0.717, 1.165) is 41.0 Å². The monoisotopic (exact) mass is 411 g/mol. The maximum atomic E-state index is 12.8. The summed E-state index contributed by atoms with van der Waals surface area (Å²) < 4.78 is 5.94. The van der Waals surface area contributed by atoms with Crippen molar-refractivity contribution in [1.29, 1.82) is 0 Å². The number of benzene rings is 2. The Morgan fingerprint density at radius 3 is 2.52 bits per heavy atom. The Labute approximate surface area is 177 Å². The molecule has 0 aliphatic heterocycles. The van der Waals surface area contributed by atoms with Crippen molar-refractivity contribution in [3.63, 3.8) is 0 Å². The summed E-state index contributed by atoms with van der Waals surface area (Å²) in [7, 11) is 0. The zero-order chi connectivity index (χ0) is 20.7. The molecule has 4 nitrogen and oxygen atoms in total. The first-order valence-electron chi connectivity index (χ1n) is 10.2. The highest BCUT2D eigenvalue weighted by molar-refractivity contribution is 7.97. The summed E-state index contributed by atoms with van der Waals surface area (Å²) in [4.78, 5) is 12.8. The van der Waals surface area contributed by atoms with Crippen LogP contribution < -0.4 is 10.6 Å². The first-order valence-corrected chi connectivity index (χ1v) is 11.3. The van der Waals surface area contributed by atoms with Crippen molar-refractivity contribution in [2.75, 3.05) is 13.1 Å². The van der Waals surface area contributed by atoms with Crippen molar-refractivity contribution in [2.45, 2.75) is 44.2 Å². The summed E-state index contributed by atoms with van der Waals surface area (Å²) >= 11 is 1.80. The smallest absolute Gasteiger partial charge is 0.287 e. The number of carbonyl (C=O) groups excluding carboxylic acids is 1. The van der Waals surface area contributed by atoms with Crippen LogP contribution in [0.2, 0.25) is 0 Å². The van der Waals surface area contributed by atoms with Crippen LogP contribution in [0.5, 0.6) is 0 Å². The third-order valence-electron chi connectivity index (χ3n) is 4.69. The Hall–Kier alpha value is -2.24. The zero-order valence-electron chi connectivity index (χ0n) is 17.5. The molecule has 0 spiro atoms. The number of fused-ring (bicyclic) bond motifs is 1. The second kappa shape index (κ2) is 9.99. The van der Waals surface area contributed by atoms with E-state index < -0.39 is 0 Å². The van der Waals surface area contributed by atoms with Crippen molar-refractivity contribution in [2.24, 2.45) is 0 Å². The van der Waals surface area contributed by atoms with Crippen molar-refractivity contribution in [3.05, 3.63) is 71.5 Å². The van der Waals surface area contributed by atoms with Gasteiger partial charge in [0.05, 0.1) is 12.1 Å². The highest BCUT2D eigenvalue weighted by atomic mass is 32.2. The molecule has 3 aromatic rings. The highest BCUT2D eigenvalue weighted by Crippen LogP contribution is 2.30. The molecule has 3 N–H and O–H groups in total. The third kappa shape index (κ3) is 6.38. The molecule has 0 saturated carbocycles. The Bertz CT molecular complexity index is 929. The van der Waals surface area contributed by atoms with E-state index >= 15 is 0 Å². The van der Waals surface area contributed by atoms with Gasteiger partial charge in [0.25, 0.3) is 5.91 Å². The summed E-state index contributed by atoms with van der Waals surface area (Å²) in [6.45, 7) is 8.22. The molecule has 1 heterocycles. The number of furan rings is 1. The van der Waals surface area contributed by atoms with Gasteiger partial charge in [-0.1, -0.05) is 48.5 Å². The summed E-state index contributed by atoms with van der Waals surface area (Å²) in [6, 6.07) is 18.3. The molecule has 0 radical (unpaired) electrons. The average Bonchev–Trinajstić information content (AvgIpc) is 3.06. The van der Waals surface area contributed by atoms with Crippen LogP contribution in [-0.2, 0) is 11.5 Å². The van der Waals surface area contributed by atoms with E-state index in [1.54, 1.807) is 11.8 Å². The number of amides is 1. The summed E-state index contributed by atoms with van der Waals surface area (Å²) in [5.74, 6) is 1.98. The fourth-order valence-electron chi connectivity index (χ4n) is 3.19. The molecule has 154 valence electrons. The largest absolute Gasteiger partial charge is 0.451 e. The normalized spacial score (nSPS) is 11.7. The van der Waals surface area contributed by atoms with Gasteiger partial charge in [0.1, 0.15) is 5.58 Å². The fourth-order valence-corrected chi connectivity index (χ4v) is 4.21. The minimum Gasteiger partial charge on any atom is -0.451 e. The minimum atomic E-state index is -0.118. The molecule has 0 aliphatic rings. The lowest BCUT2D eigenvalue weighted by Gasteiger charge is -2.16. The van der Waals surface area contributed by atoms with Crippen LogP contribution in [0.4, 0.5) is 0 Å². The molecule has 0 atom stereocenters. The van der Waals surface area contributed by atoms with Crippen LogP contribution in [0.3, 0.4) is 0 Å². The number of quaternary nitrogens is 1. The first kappa shape index (κ1) is 21.5. The SMILES string of the molecule is CC(C)(C)[NH2+]CCCNC(=O)c1oc2ccccc2c1CSCc1ccccc1. The molecular formula is C24H31N2O2S+. The predicted molar refractivity (Wildman–Crippen MR) is 121 cm³/mol. The Balaban J connectivity index is 1.63. The van der Waals surface area contributed by atoms with Crippen LogP contribution in [0.25, 0.3) is 11.0 Å². The molecular weight excluding hydrogens is 380 g/mol. The van der Waals surface area contributed by atoms with E-state index in [-0.39, 0.29) is 11.4 Å². The van der Waals surface area contributed by atoms with Crippen LogP contribution in [0.1, 0.15) is 48.9 Å². The van der Waals surface area contributed by atoms with Gasteiger partial charge in [0.15, 0.2) is 5.76 Å². The van der Waals surface area contributed by atoms with E-state index in [1.165, 1.54) is 5.56 Å². The summed E-state index contributed by atoms with van der Waals surface area (Å²) in [6.07, 6.45) is 0.932. The van der Waals surface area contributed by atoms with Crippen LogP contribution in [-0.4, -0.2) is 24.5 Å². The lowest BCUT2D eigenvalue weighted by Crippen LogP contribution is -2.94. The number of carbonyl (C=O) groups is 1. The molecule has 5 heteroatoms. The topological polar surface area (TPSA) is 58.9 Å².